The molecule has 0 aromatic heterocycles. The summed E-state index contributed by atoms with van der Waals surface area (Å²) in [6.07, 6.45) is 0.790. The number of methoxy groups -OCH3 is 1. The highest BCUT2D eigenvalue weighted by molar-refractivity contribution is 5.85. The Morgan fingerprint density at radius 3 is 2.44 bits per heavy atom. The number of halogens is 1. The Labute approximate surface area is 117 Å². The summed E-state index contributed by atoms with van der Waals surface area (Å²) < 4.78 is 5.37. The zero-order valence-corrected chi connectivity index (χ0v) is 12.5. The molecule has 3 heteroatoms. The monoisotopic (exact) mass is 269 g/mol. The predicted molar refractivity (Wildman–Crippen MR) is 80.7 cm³/mol. The zero-order chi connectivity index (χ0) is 13.0. The summed E-state index contributed by atoms with van der Waals surface area (Å²) in [7, 11) is 1.68. The van der Waals surface area contributed by atoms with Crippen LogP contribution >= 0.6 is 12.4 Å². The van der Waals surface area contributed by atoms with E-state index in [9.17, 15) is 0 Å². The van der Waals surface area contributed by atoms with Crippen molar-refractivity contribution in [1.82, 2.24) is 0 Å². The molecule has 0 unspecified atom stereocenters. The second-order valence-electron chi connectivity index (χ2n) is 4.92. The lowest BCUT2D eigenvalue weighted by atomic mass is 9.94. The van der Waals surface area contributed by atoms with Crippen molar-refractivity contribution in [3.8, 4) is 5.75 Å². The highest BCUT2D eigenvalue weighted by atomic mass is 35.5. The van der Waals surface area contributed by atoms with Crippen molar-refractivity contribution in [2.45, 2.75) is 39.2 Å². The van der Waals surface area contributed by atoms with Crippen LogP contribution in [0.2, 0.25) is 0 Å². The Morgan fingerprint density at radius 1 is 1.39 bits per heavy atom. The van der Waals surface area contributed by atoms with Gasteiger partial charge in [0.2, 0.25) is 0 Å². The van der Waals surface area contributed by atoms with Crippen LogP contribution in [0.15, 0.2) is 30.4 Å². The van der Waals surface area contributed by atoms with Gasteiger partial charge in [0, 0.05) is 11.6 Å². The van der Waals surface area contributed by atoms with Gasteiger partial charge in [-0.25, -0.2) is 0 Å². The van der Waals surface area contributed by atoms with Gasteiger partial charge in [0.1, 0.15) is 5.75 Å². The molecule has 1 atom stereocenters. The van der Waals surface area contributed by atoms with Gasteiger partial charge in [-0.05, 0) is 30.9 Å². The molecular formula is C15H24ClNO. The molecule has 0 saturated carbocycles. The standard InChI is InChI=1S/C15H23NO.ClH/c1-10(2)8-14(16)13-9-12(11(3)4)6-7-15(13)17-5;/h6-7,9,11,14H,1,8,16H2,2-5H3;1H/t14-;/m0./s1. The zero-order valence-electron chi connectivity index (χ0n) is 11.7. The van der Waals surface area contributed by atoms with E-state index in [1.54, 1.807) is 7.11 Å². The van der Waals surface area contributed by atoms with Crippen molar-refractivity contribution in [2.75, 3.05) is 7.11 Å². The third-order valence-corrected chi connectivity index (χ3v) is 2.89. The Kier molecular flexibility index (Phi) is 7.04. The topological polar surface area (TPSA) is 35.2 Å². The molecule has 102 valence electrons. The average Bonchev–Trinajstić information content (AvgIpc) is 2.27. The Hall–Kier alpha value is -0.990. The maximum absolute atomic E-state index is 6.20. The van der Waals surface area contributed by atoms with Gasteiger partial charge in [-0.3, -0.25) is 0 Å². The largest absolute Gasteiger partial charge is 0.496 e. The lowest BCUT2D eigenvalue weighted by Crippen LogP contribution is -2.12. The molecule has 0 aliphatic heterocycles. The van der Waals surface area contributed by atoms with E-state index in [4.69, 9.17) is 10.5 Å². The van der Waals surface area contributed by atoms with Crippen molar-refractivity contribution < 1.29 is 4.74 Å². The summed E-state index contributed by atoms with van der Waals surface area (Å²) in [4.78, 5) is 0. The Bertz CT molecular complexity index is 401. The van der Waals surface area contributed by atoms with Crippen molar-refractivity contribution >= 4 is 12.4 Å². The van der Waals surface area contributed by atoms with Crippen LogP contribution in [0.1, 0.15) is 50.3 Å². The molecule has 2 N–H and O–H groups in total. The van der Waals surface area contributed by atoms with E-state index in [-0.39, 0.29) is 18.4 Å². The second-order valence-corrected chi connectivity index (χ2v) is 4.92. The maximum atomic E-state index is 6.20. The molecule has 0 radical (unpaired) electrons. The van der Waals surface area contributed by atoms with E-state index in [0.717, 1.165) is 23.3 Å². The first-order chi connectivity index (χ1) is 7.95. The molecule has 0 aliphatic carbocycles. The maximum Gasteiger partial charge on any atom is 0.123 e. The van der Waals surface area contributed by atoms with Gasteiger partial charge in [-0.15, -0.1) is 19.0 Å². The van der Waals surface area contributed by atoms with Gasteiger partial charge in [-0.1, -0.05) is 31.6 Å². The summed E-state index contributed by atoms with van der Waals surface area (Å²) in [6, 6.07) is 6.21. The second kappa shape index (κ2) is 7.45. The van der Waals surface area contributed by atoms with Crippen LogP contribution in [0.4, 0.5) is 0 Å². The normalized spacial score (nSPS) is 11.9. The third kappa shape index (κ3) is 4.35. The molecule has 0 heterocycles. The highest BCUT2D eigenvalue weighted by Crippen LogP contribution is 2.30. The van der Waals surface area contributed by atoms with Gasteiger partial charge < -0.3 is 10.5 Å². The molecule has 2 nitrogen and oxygen atoms in total. The third-order valence-electron chi connectivity index (χ3n) is 2.89. The SMILES string of the molecule is C=C(C)C[C@H](N)c1cc(C(C)C)ccc1OC.Cl. The number of hydrogen-bond acceptors (Lipinski definition) is 2. The Balaban J connectivity index is 0.00000289. The molecular weight excluding hydrogens is 246 g/mol. The van der Waals surface area contributed by atoms with Gasteiger partial charge in [-0.2, -0.15) is 0 Å². The molecule has 0 aliphatic rings. The van der Waals surface area contributed by atoms with Crippen LogP contribution in [-0.2, 0) is 0 Å². The van der Waals surface area contributed by atoms with E-state index in [0.29, 0.717) is 5.92 Å². The van der Waals surface area contributed by atoms with Gasteiger partial charge >= 0.3 is 0 Å². The number of nitrogens with two attached hydrogens (primary N) is 1. The minimum Gasteiger partial charge on any atom is -0.496 e. The lowest BCUT2D eigenvalue weighted by molar-refractivity contribution is 0.405. The Morgan fingerprint density at radius 2 is 2.00 bits per heavy atom. The summed E-state index contributed by atoms with van der Waals surface area (Å²) in [5, 5.41) is 0. The van der Waals surface area contributed by atoms with E-state index in [2.05, 4.69) is 32.6 Å². The smallest absolute Gasteiger partial charge is 0.123 e. The lowest BCUT2D eigenvalue weighted by Gasteiger charge is -2.18. The van der Waals surface area contributed by atoms with Crippen LogP contribution < -0.4 is 10.5 Å². The molecule has 0 spiro atoms. The number of ether oxygens (including phenoxy) is 1. The van der Waals surface area contributed by atoms with E-state index in [1.807, 2.05) is 13.0 Å². The minimum atomic E-state index is -0.0406. The van der Waals surface area contributed by atoms with Gasteiger partial charge in [0.05, 0.1) is 7.11 Å². The summed E-state index contributed by atoms with van der Waals surface area (Å²) >= 11 is 0. The first kappa shape index (κ1) is 17.0. The van der Waals surface area contributed by atoms with Crippen LogP contribution in [0.5, 0.6) is 5.75 Å². The van der Waals surface area contributed by atoms with Crippen molar-refractivity contribution in [2.24, 2.45) is 5.73 Å². The van der Waals surface area contributed by atoms with Crippen LogP contribution in [0, 0.1) is 0 Å². The molecule has 1 rings (SSSR count). The van der Waals surface area contributed by atoms with E-state index < -0.39 is 0 Å². The van der Waals surface area contributed by atoms with E-state index in [1.165, 1.54) is 5.56 Å². The fraction of sp³-hybridized carbons (Fsp3) is 0.467. The summed E-state index contributed by atoms with van der Waals surface area (Å²) in [5.74, 6) is 1.36. The molecule has 0 fully saturated rings. The molecule has 0 bridgehead atoms. The van der Waals surface area contributed by atoms with Crippen LogP contribution in [0.25, 0.3) is 0 Å². The highest BCUT2D eigenvalue weighted by Gasteiger charge is 2.13. The van der Waals surface area contributed by atoms with Crippen molar-refractivity contribution in [1.29, 1.82) is 0 Å². The van der Waals surface area contributed by atoms with Crippen molar-refractivity contribution in [3.63, 3.8) is 0 Å². The van der Waals surface area contributed by atoms with Crippen LogP contribution in [0.3, 0.4) is 0 Å². The van der Waals surface area contributed by atoms with Crippen molar-refractivity contribution in [3.05, 3.63) is 41.5 Å². The summed E-state index contributed by atoms with van der Waals surface area (Å²) in [6.45, 7) is 10.3. The first-order valence-electron chi connectivity index (χ1n) is 6.03. The fourth-order valence-corrected chi connectivity index (χ4v) is 1.89. The molecule has 1 aromatic carbocycles. The number of rotatable bonds is 5. The van der Waals surface area contributed by atoms with Gasteiger partial charge in [0.25, 0.3) is 0 Å². The number of hydrogen-bond donors (Lipinski definition) is 1. The first-order valence-corrected chi connectivity index (χ1v) is 6.03. The van der Waals surface area contributed by atoms with Gasteiger partial charge in [0.15, 0.2) is 0 Å². The molecule has 18 heavy (non-hydrogen) atoms. The molecule has 1 aromatic rings. The minimum absolute atomic E-state index is 0. The quantitative estimate of drug-likeness (QED) is 0.813. The number of benzene rings is 1. The summed E-state index contributed by atoms with van der Waals surface area (Å²) in [5.41, 5.74) is 9.65. The average molecular weight is 270 g/mol. The van der Waals surface area contributed by atoms with E-state index >= 15 is 0 Å². The fourth-order valence-electron chi connectivity index (χ4n) is 1.89. The molecule has 0 amide bonds. The predicted octanol–water partition coefficient (Wildman–Crippen LogP) is 4.21. The molecule has 0 saturated heterocycles. The van der Waals surface area contributed by atoms with Crippen LogP contribution in [-0.4, -0.2) is 7.11 Å².